The summed E-state index contributed by atoms with van der Waals surface area (Å²) in [6, 6.07) is 6.25. The highest BCUT2D eigenvalue weighted by molar-refractivity contribution is 5.93. The van der Waals surface area contributed by atoms with Crippen LogP contribution in [0.15, 0.2) is 18.2 Å². The minimum absolute atomic E-state index is 0.232. The van der Waals surface area contributed by atoms with E-state index in [1.54, 1.807) is 0 Å². The monoisotopic (exact) mass is 256 g/mol. The highest BCUT2D eigenvalue weighted by Crippen LogP contribution is 2.54. The Hall–Kier alpha value is -1.51. The third-order valence-corrected chi connectivity index (χ3v) is 4.93. The molecule has 1 amide bonds. The van der Waals surface area contributed by atoms with Gasteiger partial charge in [0, 0.05) is 23.8 Å². The fourth-order valence-corrected chi connectivity index (χ4v) is 3.73. The van der Waals surface area contributed by atoms with Crippen molar-refractivity contribution in [1.29, 1.82) is 0 Å². The Kier molecular flexibility index (Phi) is 2.54. The van der Waals surface area contributed by atoms with Crippen LogP contribution in [0.5, 0.6) is 0 Å². The number of anilines is 2. The lowest BCUT2D eigenvalue weighted by Gasteiger charge is -2.19. The van der Waals surface area contributed by atoms with Gasteiger partial charge in [0.25, 0.3) is 0 Å². The summed E-state index contributed by atoms with van der Waals surface area (Å²) < 4.78 is 0. The van der Waals surface area contributed by atoms with Crippen LogP contribution in [0.25, 0.3) is 0 Å². The third kappa shape index (κ3) is 2.11. The summed E-state index contributed by atoms with van der Waals surface area (Å²) in [5, 5.41) is 6.51. The van der Waals surface area contributed by atoms with Crippen LogP contribution in [0.4, 0.5) is 11.4 Å². The fourth-order valence-electron chi connectivity index (χ4n) is 3.73. The highest BCUT2D eigenvalue weighted by Gasteiger charge is 2.47. The lowest BCUT2D eigenvalue weighted by molar-refractivity contribution is -0.120. The van der Waals surface area contributed by atoms with Crippen molar-refractivity contribution in [3.8, 4) is 0 Å². The first-order valence-electron chi connectivity index (χ1n) is 7.47. The molecule has 1 heterocycles. The SMILES string of the molecule is O=C(Nc1ccc2c(c1)CCCN2)C1CC2CC2C1. The van der Waals surface area contributed by atoms with Crippen LogP contribution in [0, 0.1) is 17.8 Å². The van der Waals surface area contributed by atoms with Crippen LogP contribution < -0.4 is 10.6 Å². The molecule has 3 aliphatic rings. The lowest BCUT2D eigenvalue weighted by Crippen LogP contribution is -2.22. The average molecular weight is 256 g/mol. The molecular formula is C16H20N2O. The Bertz CT molecular complexity index is 515. The largest absolute Gasteiger partial charge is 0.385 e. The third-order valence-electron chi connectivity index (χ3n) is 4.93. The number of nitrogens with one attached hydrogen (secondary N) is 2. The summed E-state index contributed by atoms with van der Waals surface area (Å²) in [5.41, 5.74) is 3.53. The smallest absolute Gasteiger partial charge is 0.227 e. The van der Waals surface area contributed by atoms with Gasteiger partial charge in [-0.05, 0) is 67.7 Å². The molecule has 19 heavy (non-hydrogen) atoms. The molecule has 3 heteroatoms. The number of fused-ring (bicyclic) bond motifs is 2. The minimum Gasteiger partial charge on any atom is -0.385 e. The predicted molar refractivity (Wildman–Crippen MR) is 76.2 cm³/mol. The molecule has 2 atom stereocenters. The van der Waals surface area contributed by atoms with Gasteiger partial charge >= 0.3 is 0 Å². The molecule has 1 aromatic rings. The summed E-state index contributed by atoms with van der Waals surface area (Å²) in [4.78, 5) is 12.2. The van der Waals surface area contributed by atoms with E-state index in [1.165, 1.54) is 24.1 Å². The first-order valence-corrected chi connectivity index (χ1v) is 7.47. The van der Waals surface area contributed by atoms with Crippen molar-refractivity contribution >= 4 is 17.3 Å². The summed E-state index contributed by atoms with van der Waals surface area (Å²) in [7, 11) is 0. The Balaban J connectivity index is 1.45. The standard InChI is InChI=1S/C16H20N2O/c19-16(13-7-11-6-12(11)8-13)18-14-3-4-15-10(9-14)2-1-5-17-15/h3-4,9,11-13,17H,1-2,5-8H2,(H,18,19). The van der Waals surface area contributed by atoms with Crippen molar-refractivity contribution < 1.29 is 4.79 Å². The van der Waals surface area contributed by atoms with E-state index in [9.17, 15) is 4.79 Å². The van der Waals surface area contributed by atoms with Gasteiger partial charge in [0.05, 0.1) is 0 Å². The molecule has 0 bridgehead atoms. The van der Waals surface area contributed by atoms with Crippen LogP contribution in [0.3, 0.4) is 0 Å². The van der Waals surface area contributed by atoms with E-state index in [2.05, 4.69) is 22.8 Å². The molecule has 0 radical (unpaired) electrons. The molecule has 2 unspecified atom stereocenters. The highest BCUT2D eigenvalue weighted by atomic mass is 16.1. The van der Waals surface area contributed by atoms with Crippen molar-refractivity contribution in [2.24, 2.45) is 17.8 Å². The Morgan fingerprint density at radius 2 is 2.05 bits per heavy atom. The van der Waals surface area contributed by atoms with E-state index < -0.39 is 0 Å². The van der Waals surface area contributed by atoms with Gasteiger partial charge in [-0.25, -0.2) is 0 Å². The molecule has 2 aliphatic carbocycles. The Morgan fingerprint density at radius 3 is 2.89 bits per heavy atom. The van der Waals surface area contributed by atoms with Crippen LogP contribution in [0.1, 0.15) is 31.2 Å². The van der Waals surface area contributed by atoms with Gasteiger partial charge < -0.3 is 10.6 Å². The number of carbonyl (C=O) groups excluding carboxylic acids is 1. The van der Waals surface area contributed by atoms with E-state index in [0.717, 1.165) is 43.3 Å². The molecule has 4 rings (SSSR count). The molecule has 2 saturated carbocycles. The Morgan fingerprint density at radius 1 is 1.21 bits per heavy atom. The maximum absolute atomic E-state index is 12.2. The number of carbonyl (C=O) groups is 1. The second kappa shape index (κ2) is 4.26. The van der Waals surface area contributed by atoms with Crippen molar-refractivity contribution in [1.82, 2.24) is 0 Å². The molecule has 0 spiro atoms. The fraction of sp³-hybridized carbons (Fsp3) is 0.562. The number of rotatable bonds is 2. The number of aryl methyl sites for hydroxylation is 1. The van der Waals surface area contributed by atoms with Crippen LogP contribution in [-0.2, 0) is 11.2 Å². The van der Waals surface area contributed by atoms with E-state index >= 15 is 0 Å². The summed E-state index contributed by atoms with van der Waals surface area (Å²) >= 11 is 0. The van der Waals surface area contributed by atoms with Gasteiger partial charge in [-0.3, -0.25) is 4.79 Å². The number of amides is 1. The second-order valence-electron chi connectivity index (χ2n) is 6.32. The second-order valence-corrected chi connectivity index (χ2v) is 6.32. The maximum Gasteiger partial charge on any atom is 0.227 e. The molecular weight excluding hydrogens is 236 g/mol. The molecule has 1 aliphatic heterocycles. The predicted octanol–water partition coefficient (Wildman–Crippen LogP) is 3.03. The van der Waals surface area contributed by atoms with Gasteiger partial charge in [0.1, 0.15) is 0 Å². The summed E-state index contributed by atoms with van der Waals surface area (Å²) in [5.74, 6) is 2.22. The quantitative estimate of drug-likeness (QED) is 0.854. The van der Waals surface area contributed by atoms with Gasteiger partial charge in [-0.1, -0.05) is 0 Å². The van der Waals surface area contributed by atoms with Crippen molar-refractivity contribution in [3.05, 3.63) is 23.8 Å². The van der Waals surface area contributed by atoms with Crippen LogP contribution >= 0.6 is 0 Å². The van der Waals surface area contributed by atoms with Gasteiger partial charge in [0.2, 0.25) is 5.91 Å². The van der Waals surface area contributed by atoms with Gasteiger partial charge in [-0.15, -0.1) is 0 Å². The van der Waals surface area contributed by atoms with Crippen molar-refractivity contribution in [3.63, 3.8) is 0 Å². The molecule has 0 saturated heterocycles. The first kappa shape index (κ1) is 11.3. The topological polar surface area (TPSA) is 41.1 Å². The maximum atomic E-state index is 12.2. The molecule has 1 aromatic carbocycles. The zero-order chi connectivity index (χ0) is 12.8. The number of benzene rings is 1. The molecule has 2 fully saturated rings. The van der Waals surface area contributed by atoms with E-state index in [0.29, 0.717) is 0 Å². The van der Waals surface area contributed by atoms with Crippen LogP contribution in [-0.4, -0.2) is 12.5 Å². The Labute approximate surface area is 113 Å². The van der Waals surface area contributed by atoms with Gasteiger partial charge in [-0.2, -0.15) is 0 Å². The summed E-state index contributed by atoms with van der Waals surface area (Å²) in [6.45, 7) is 1.06. The summed E-state index contributed by atoms with van der Waals surface area (Å²) in [6.07, 6.45) is 5.89. The first-order chi connectivity index (χ1) is 9.29. The molecule has 2 N–H and O–H groups in total. The van der Waals surface area contributed by atoms with E-state index in [1.807, 2.05) is 6.07 Å². The molecule has 0 aromatic heterocycles. The molecule has 100 valence electrons. The van der Waals surface area contributed by atoms with Crippen molar-refractivity contribution in [2.45, 2.75) is 32.1 Å². The van der Waals surface area contributed by atoms with E-state index in [4.69, 9.17) is 0 Å². The number of hydrogen-bond donors (Lipinski definition) is 2. The minimum atomic E-state index is 0.232. The van der Waals surface area contributed by atoms with E-state index in [-0.39, 0.29) is 11.8 Å². The zero-order valence-electron chi connectivity index (χ0n) is 11.1. The normalized spacial score (nSPS) is 31.1. The van der Waals surface area contributed by atoms with Crippen molar-refractivity contribution in [2.75, 3.05) is 17.2 Å². The van der Waals surface area contributed by atoms with Gasteiger partial charge in [0.15, 0.2) is 0 Å². The zero-order valence-corrected chi connectivity index (χ0v) is 11.1. The molecule has 3 nitrogen and oxygen atoms in total. The lowest BCUT2D eigenvalue weighted by atomic mass is 10.0. The number of hydrogen-bond acceptors (Lipinski definition) is 2. The van der Waals surface area contributed by atoms with Crippen LogP contribution in [0.2, 0.25) is 0 Å². The average Bonchev–Trinajstić information content (AvgIpc) is 3.05.